The molecule has 0 aliphatic carbocycles. The Kier molecular flexibility index (Phi) is 4.99. The molecule has 4 N–H and O–H groups in total. The number of anilines is 1. The fourth-order valence-electron chi connectivity index (χ4n) is 2.08. The van der Waals surface area contributed by atoms with Crippen LogP contribution in [0.25, 0.3) is 0 Å². The van der Waals surface area contributed by atoms with Gasteiger partial charge < -0.3 is 21.1 Å². The van der Waals surface area contributed by atoms with E-state index in [2.05, 4.69) is 22.5 Å². The third-order valence-corrected chi connectivity index (χ3v) is 2.93. The van der Waals surface area contributed by atoms with Crippen molar-refractivity contribution in [1.29, 1.82) is 0 Å². The Labute approximate surface area is 118 Å². The van der Waals surface area contributed by atoms with Crippen LogP contribution in [-0.2, 0) is 4.74 Å². The number of urea groups is 1. The number of hydrogen-bond donors (Lipinski definition) is 3. The molecule has 1 aliphatic rings. The van der Waals surface area contributed by atoms with Gasteiger partial charge in [-0.3, -0.25) is 0 Å². The van der Waals surface area contributed by atoms with E-state index in [-0.39, 0.29) is 12.1 Å². The van der Waals surface area contributed by atoms with Crippen LogP contribution < -0.4 is 16.4 Å². The molecule has 1 aliphatic heterocycles. The normalized spacial score (nSPS) is 17.2. The van der Waals surface area contributed by atoms with Gasteiger partial charge in [-0.2, -0.15) is 0 Å². The van der Waals surface area contributed by atoms with Crippen LogP contribution in [0.3, 0.4) is 0 Å². The lowest BCUT2D eigenvalue weighted by atomic mass is 10.1. The lowest BCUT2D eigenvalue weighted by molar-refractivity contribution is 0.189. The summed E-state index contributed by atoms with van der Waals surface area (Å²) in [4.78, 5) is 11.9. The number of nitrogens with one attached hydrogen (secondary N) is 2. The fourth-order valence-corrected chi connectivity index (χ4v) is 2.08. The van der Waals surface area contributed by atoms with Crippen LogP contribution in [0.4, 0.5) is 10.5 Å². The van der Waals surface area contributed by atoms with E-state index in [1.807, 2.05) is 25.1 Å². The molecule has 5 nitrogen and oxygen atoms in total. The lowest BCUT2D eigenvalue weighted by Gasteiger charge is -2.12. The zero-order chi connectivity index (χ0) is 14.4. The highest BCUT2D eigenvalue weighted by atomic mass is 16.5. The molecule has 1 aromatic rings. The summed E-state index contributed by atoms with van der Waals surface area (Å²) in [5.74, 6) is 5.77. The summed E-state index contributed by atoms with van der Waals surface area (Å²) >= 11 is 0. The van der Waals surface area contributed by atoms with E-state index in [0.717, 1.165) is 23.2 Å². The number of aryl methyl sites for hydroxylation is 1. The van der Waals surface area contributed by atoms with Gasteiger partial charge in [0.1, 0.15) is 0 Å². The van der Waals surface area contributed by atoms with Crippen LogP contribution >= 0.6 is 0 Å². The highest BCUT2D eigenvalue weighted by Crippen LogP contribution is 2.14. The second-order valence-electron chi connectivity index (χ2n) is 4.75. The van der Waals surface area contributed by atoms with Crippen molar-refractivity contribution in [1.82, 2.24) is 5.32 Å². The smallest absolute Gasteiger partial charge is 0.319 e. The fraction of sp³-hybridized carbons (Fsp3) is 0.400. The van der Waals surface area contributed by atoms with Gasteiger partial charge in [-0.15, -0.1) is 0 Å². The van der Waals surface area contributed by atoms with Gasteiger partial charge in [0.2, 0.25) is 0 Å². The van der Waals surface area contributed by atoms with Gasteiger partial charge in [-0.1, -0.05) is 11.8 Å². The minimum Gasteiger partial charge on any atom is -0.379 e. The second-order valence-corrected chi connectivity index (χ2v) is 4.75. The molecular weight excluding hydrogens is 254 g/mol. The number of carbonyl (C=O) groups is 1. The first kappa shape index (κ1) is 14.4. The lowest BCUT2D eigenvalue weighted by Crippen LogP contribution is -2.38. The molecule has 20 heavy (non-hydrogen) atoms. The first-order valence-electron chi connectivity index (χ1n) is 6.63. The number of nitrogens with two attached hydrogens (primary N) is 1. The van der Waals surface area contributed by atoms with Crippen molar-refractivity contribution >= 4 is 11.7 Å². The molecular formula is C15H19N3O2. The Hall–Kier alpha value is -2.03. The summed E-state index contributed by atoms with van der Waals surface area (Å²) in [6.45, 7) is 3.56. The maximum Gasteiger partial charge on any atom is 0.319 e. The minimum absolute atomic E-state index is 0.0938. The molecule has 1 unspecified atom stereocenters. The standard InChI is InChI=1S/C15H19N3O2/c1-11-7-12(3-2-5-16)9-14(8-11)18-15(19)17-13-4-6-20-10-13/h7-9,13H,4-6,10,16H2,1H3,(H2,17,18,19). The number of carbonyl (C=O) groups excluding carboxylic acids is 1. The van der Waals surface area contributed by atoms with Crippen molar-refractivity contribution in [2.75, 3.05) is 25.1 Å². The van der Waals surface area contributed by atoms with Gasteiger partial charge in [0.05, 0.1) is 19.2 Å². The average Bonchev–Trinajstić information content (AvgIpc) is 2.88. The Balaban J connectivity index is 2.00. The van der Waals surface area contributed by atoms with Crippen LogP contribution in [0.1, 0.15) is 17.5 Å². The van der Waals surface area contributed by atoms with E-state index in [0.29, 0.717) is 19.8 Å². The SMILES string of the molecule is Cc1cc(C#CCN)cc(NC(=O)NC2CCOC2)c1. The third kappa shape index (κ3) is 4.26. The van der Waals surface area contributed by atoms with Gasteiger partial charge >= 0.3 is 6.03 Å². The van der Waals surface area contributed by atoms with Crippen LogP contribution in [0.5, 0.6) is 0 Å². The van der Waals surface area contributed by atoms with Crippen molar-refractivity contribution in [3.8, 4) is 11.8 Å². The number of ether oxygens (including phenoxy) is 1. The molecule has 0 bridgehead atoms. The molecule has 106 valence electrons. The molecule has 1 aromatic carbocycles. The molecule has 0 radical (unpaired) electrons. The monoisotopic (exact) mass is 273 g/mol. The molecule has 0 saturated carbocycles. The van der Waals surface area contributed by atoms with Crippen LogP contribution in [0, 0.1) is 18.8 Å². The summed E-state index contributed by atoms with van der Waals surface area (Å²) in [6, 6.07) is 5.56. The predicted octanol–water partition coefficient (Wildman–Crippen LogP) is 1.22. The Morgan fingerprint density at radius 3 is 3.05 bits per heavy atom. The first-order chi connectivity index (χ1) is 9.67. The van der Waals surface area contributed by atoms with E-state index in [9.17, 15) is 4.79 Å². The molecule has 0 spiro atoms. The molecule has 5 heteroatoms. The van der Waals surface area contributed by atoms with Crippen molar-refractivity contribution < 1.29 is 9.53 Å². The van der Waals surface area contributed by atoms with Crippen LogP contribution in [0.2, 0.25) is 0 Å². The summed E-state index contributed by atoms with van der Waals surface area (Å²) in [6.07, 6.45) is 0.856. The zero-order valence-corrected chi connectivity index (χ0v) is 11.5. The van der Waals surface area contributed by atoms with Crippen LogP contribution in [-0.4, -0.2) is 31.8 Å². The minimum atomic E-state index is -0.219. The third-order valence-electron chi connectivity index (χ3n) is 2.93. The summed E-state index contributed by atoms with van der Waals surface area (Å²) in [7, 11) is 0. The number of rotatable bonds is 2. The first-order valence-corrected chi connectivity index (χ1v) is 6.63. The molecule has 1 saturated heterocycles. The van der Waals surface area contributed by atoms with Gasteiger partial charge in [0.25, 0.3) is 0 Å². The van der Waals surface area contributed by atoms with E-state index in [1.165, 1.54) is 0 Å². The highest BCUT2D eigenvalue weighted by Gasteiger charge is 2.17. The maximum atomic E-state index is 11.9. The van der Waals surface area contributed by atoms with Gasteiger partial charge in [0.15, 0.2) is 0 Å². The largest absolute Gasteiger partial charge is 0.379 e. The molecule has 2 rings (SSSR count). The topological polar surface area (TPSA) is 76.4 Å². The highest BCUT2D eigenvalue weighted by molar-refractivity contribution is 5.89. The summed E-state index contributed by atoms with van der Waals surface area (Å²) in [5, 5.41) is 5.70. The van der Waals surface area contributed by atoms with Crippen molar-refractivity contribution in [3.05, 3.63) is 29.3 Å². The van der Waals surface area contributed by atoms with Gasteiger partial charge in [-0.05, 0) is 37.1 Å². The molecule has 1 fully saturated rings. The van der Waals surface area contributed by atoms with Crippen LogP contribution in [0.15, 0.2) is 18.2 Å². The van der Waals surface area contributed by atoms with Crippen molar-refractivity contribution in [2.24, 2.45) is 5.73 Å². The summed E-state index contributed by atoms with van der Waals surface area (Å²) in [5.41, 5.74) is 7.96. The zero-order valence-electron chi connectivity index (χ0n) is 11.5. The average molecular weight is 273 g/mol. The Morgan fingerprint density at radius 2 is 2.35 bits per heavy atom. The molecule has 1 atom stereocenters. The van der Waals surface area contributed by atoms with E-state index in [1.54, 1.807) is 0 Å². The number of amides is 2. The van der Waals surface area contributed by atoms with E-state index < -0.39 is 0 Å². The Morgan fingerprint density at radius 1 is 1.50 bits per heavy atom. The Bertz CT molecular complexity index is 540. The molecule has 2 amide bonds. The number of benzene rings is 1. The van der Waals surface area contributed by atoms with Gasteiger partial charge in [0, 0.05) is 17.9 Å². The maximum absolute atomic E-state index is 11.9. The van der Waals surface area contributed by atoms with E-state index in [4.69, 9.17) is 10.5 Å². The second kappa shape index (κ2) is 6.94. The van der Waals surface area contributed by atoms with E-state index >= 15 is 0 Å². The number of hydrogen-bond acceptors (Lipinski definition) is 3. The van der Waals surface area contributed by atoms with Crippen molar-refractivity contribution in [3.63, 3.8) is 0 Å². The molecule has 0 aromatic heterocycles. The van der Waals surface area contributed by atoms with Crippen molar-refractivity contribution in [2.45, 2.75) is 19.4 Å². The van der Waals surface area contributed by atoms with Gasteiger partial charge in [-0.25, -0.2) is 4.79 Å². The predicted molar refractivity (Wildman–Crippen MR) is 78.5 cm³/mol. The summed E-state index contributed by atoms with van der Waals surface area (Å²) < 4.78 is 5.22. The quantitative estimate of drug-likeness (QED) is 0.709. The molecule has 1 heterocycles.